The molecule has 2 atom stereocenters. The van der Waals surface area contributed by atoms with Gasteiger partial charge in [-0.05, 0) is 44.4 Å². The lowest BCUT2D eigenvalue weighted by molar-refractivity contribution is 0.0969. The van der Waals surface area contributed by atoms with Crippen molar-refractivity contribution >= 4 is 0 Å². The van der Waals surface area contributed by atoms with Gasteiger partial charge in [-0.1, -0.05) is 0 Å². The largest absolute Gasteiger partial charge is 0.467 e. The third-order valence-electron chi connectivity index (χ3n) is 3.66. The summed E-state index contributed by atoms with van der Waals surface area (Å²) in [5.41, 5.74) is 0. The first kappa shape index (κ1) is 13.6. The van der Waals surface area contributed by atoms with Gasteiger partial charge in [0.2, 0.25) is 0 Å². The summed E-state index contributed by atoms with van der Waals surface area (Å²) in [5, 5.41) is 10.1. The van der Waals surface area contributed by atoms with E-state index in [0.717, 1.165) is 32.5 Å². The van der Waals surface area contributed by atoms with Crippen LogP contribution in [0.3, 0.4) is 0 Å². The Bertz CT molecular complexity index is 326. The van der Waals surface area contributed by atoms with Crippen LogP contribution in [0, 0.1) is 0 Å². The molecule has 18 heavy (non-hydrogen) atoms. The van der Waals surface area contributed by atoms with Crippen LogP contribution in [0.2, 0.25) is 0 Å². The highest BCUT2D eigenvalue weighted by Crippen LogP contribution is 2.27. The van der Waals surface area contributed by atoms with E-state index in [0.29, 0.717) is 11.8 Å². The second kappa shape index (κ2) is 6.92. The van der Waals surface area contributed by atoms with Crippen LogP contribution in [-0.4, -0.2) is 42.9 Å². The molecule has 1 aliphatic heterocycles. The van der Waals surface area contributed by atoms with Crippen LogP contribution >= 0.6 is 0 Å². The van der Waals surface area contributed by atoms with Crippen LogP contribution in [0.4, 0.5) is 0 Å². The Morgan fingerprint density at radius 3 is 3.22 bits per heavy atom. The van der Waals surface area contributed by atoms with Crippen molar-refractivity contribution in [2.75, 3.05) is 26.8 Å². The van der Waals surface area contributed by atoms with E-state index in [1.54, 1.807) is 13.4 Å². The predicted molar refractivity (Wildman–Crippen MR) is 69.4 cm³/mol. The monoisotopic (exact) mass is 253 g/mol. The highest BCUT2D eigenvalue weighted by Gasteiger charge is 2.27. The molecule has 0 aliphatic carbocycles. The summed E-state index contributed by atoms with van der Waals surface area (Å²) in [6, 6.07) is 4.14. The van der Waals surface area contributed by atoms with Crippen molar-refractivity contribution in [1.29, 1.82) is 0 Å². The van der Waals surface area contributed by atoms with Crippen LogP contribution in [0.1, 0.15) is 37.5 Å². The zero-order valence-corrected chi connectivity index (χ0v) is 11.0. The van der Waals surface area contributed by atoms with E-state index in [1.165, 1.54) is 12.8 Å². The Morgan fingerprint density at radius 2 is 2.50 bits per heavy atom. The first-order valence-corrected chi connectivity index (χ1v) is 6.75. The minimum absolute atomic E-state index is 0.474. The highest BCUT2D eigenvalue weighted by atomic mass is 16.5. The van der Waals surface area contributed by atoms with Crippen LogP contribution in [0.15, 0.2) is 22.8 Å². The molecular weight excluding hydrogens is 230 g/mol. The average molecular weight is 253 g/mol. The molecule has 4 nitrogen and oxygen atoms in total. The fourth-order valence-electron chi connectivity index (χ4n) is 2.72. The van der Waals surface area contributed by atoms with Gasteiger partial charge >= 0.3 is 0 Å². The highest BCUT2D eigenvalue weighted by molar-refractivity contribution is 5.02. The average Bonchev–Trinajstić information content (AvgIpc) is 3.01. The smallest absolute Gasteiger partial charge is 0.132 e. The normalized spacial score (nSPS) is 22.4. The molecule has 1 saturated heterocycles. The summed E-state index contributed by atoms with van der Waals surface area (Å²) in [6.45, 7) is 3.01. The van der Waals surface area contributed by atoms with Crippen LogP contribution < -0.4 is 0 Å². The fraction of sp³-hybridized carbons (Fsp3) is 0.714. The van der Waals surface area contributed by atoms with Gasteiger partial charge in [-0.25, -0.2) is 0 Å². The molecule has 1 N–H and O–H groups in total. The molecule has 0 spiro atoms. The Labute approximate surface area is 109 Å². The SMILES string of the molecule is COCCCN1CCCC1CC(O)c1ccco1. The molecule has 0 amide bonds. The van der Waals surface area contributed by atoms with Crippen molar-refractivity contribution in [1.82, 2.24) is 4.90 Å². The summed E-state index contributed by atoms with van der Waals surface area (Å²) >= 11 is 0. The van der Waals surface area contributed by atoms with Gasteiger partial charge in [0.1, 0.15) is 11.9 Å². The Kier molecular flexibility index (Phi) is 5.23. The molecule has 0 radical (unpaired) electrons. The lowest BCUT2D eigenvalue weighted by Gasteiger charge is -2.25. The first-order chi connectivity index (χ1) is 8.81. The summed E-state index contributed by atoms with van der Waals surface area (Å²) in [4.78, 5) is 2.46. The van der Waals surface area contributed by atoms with Gasteiger partial charge in [0.25, 0.3) is 0 Å². The number of ether oxygens (including phenoxy) is 1. The van der Waals surface area contributed by atoms with Gasteiger partial charge in [-0.2, -0.15) is 0 Å². The quantitative estimate of drug-likeness (QED) is 0.757. The molecule has 102 valence electrons. The maximum atomic E-state index is 10.1. The van der Waals surface area contributed by atoms with E-state index in [9.17, 15) is 5.11 Å². The molecule has 2 unspecified atom stereocenters. The molecule has 0 saturated carbocycles. The predicted octanol–water partition coefficient (Wildman–Crippen LogP) is 2.20. The van der Waals surface area contributed by atoms with E-state index < -0.39 is 6.10 Å². The number of furan rings is 1. The molecule has 0 bridgehead atoms. The van der Waals surface area contributed by atoms with Crippen molar-refractivity contribution in [3.8, 4) is 0 Å². The number of hydrogen-bond acceptors (Lipinski definition) is 4. The van der Waals surface area contributed by atoms with E-state index in [-0.39, 0.29) is 0 Å². The molecule has 1 aliphatic rings. The third-order valence-corrected chi connectivity index (χ3v) is 3.66. The summed E-state index contributed by atoms with van der Waals surface area (Å²) < 4.78 is 10.3. The molecule has 2 rings (SSSR count). The Hall–Kier alpha value is -0.840. The standard InChI is InChI=1S/C14H23NO3/c1-17-9-4-8-15-7-2-5-12(15)11-13(16)14-6-3-10-18-14/h3,6,10,12-13,16H,2,4-5,7-9,11H2,1H3. The minimum atomic E-state index is -0.479. The maximum absolute atomic E-state index is 10.1. The van der Waals surface area contributed by atoms with Crippen molar-refractivity contribution in [2.45, 2.75) is 37.8 Å². The number of nitrogens with zero attached hydrogens (tertiary/aromatic N) is 1. The van der Waals surface area contributed by atoms with E-state index in [1.807, 2.05) is 12.1 Å². The van der Waals surface area contributed by atoms with Crippen LogP contribution in [0.25, 0.3) is 0 Å². The van der Waals surface area contributed by atoms with Crippen molar-refractivity contribution in [2.24, 2.45) is 0 Å². The molecule has 4 heteroatoms. The fourth-order valence-corrected chi connectivity index (χ4v) is 2.72. The minimum Gasteiger partial charge on any atom is -0.467 e. The number of likely N-dealkylation sites (tertiary alicyclic amines) is 1. The Balaban J connectivity index is 1.80. The van der Waals surface area contributed by atoms with E-state index in [2.05, 4.69) is 4.90 Å². The number of hydrogen-bond donors (Lipinski definition) is 1. The lowest BCUT2D eigenvalue weighted by atomic mass is 10.1. The van der Waals surface area contributed by atoms with Crippen LogP contribution in [0.5, 0.6) is 0 Å². The van der Waals surface area contributed by atoms with Crippen molar-refractivity contribution in [3.05, 3.63) is 24.2 Å². The number of methoxy groups -OCH3 is 1. The zero-order valence-electron chi connectivity index (χ0n) is 11.0. The van der Waals surface area contributed by atoms with Gasteiger partial charge in [-0.15, -0.1) is 0 Å². The molecule has 1 aromatic rings. The molecule has 1 fully saturated rings. The van der Waals surface area contributed by atoms with Gasteiger partial charge < -0.3 is 19.2 Å². The number of aliphatic hydroxyl groups is 1. The second-order valence-corrected chi connectivity index (χ2v) is 4.95. The van der Waals surface area contributed by atoms with Crippen molar-refractivity contribution in [3.63, 3.8) is 0 Å². The molecular formula is C14H23NO3. The van der Waals surface area contributed by atoms with Crippen LogP contribution in [-0.2, 0) is 4.74 Å². The van der Waals surface area contributed by atoms with Gasteiger partial charge in [0, 0.05) is 26.3 Å². The number of rotatable bonds is 7. The van der Waals surface area contributed by atoms with Crippen molar-refractivity contribution < 1.29 is 14.3 Å². The second-order valence-electron chi connectivity index (χ2n) is 4.95. The summed E-state index contributed by atoms with van der Waals surface area (Å²) in [7, 11) is 1.74. The zero-order chi connectivity index (χ0) is 12.8. The lowest BCUT2D eigenvalue weighted by Crippen LogP contribution is -2.32. The van der Waals surface area contributed by atoms with E-state index >= 15 is 0 Å². The van der Waals surface area contributed by atoms with Gasteiger partial charge in [0.05, 0.1) is 6.26 Å². The topological polar surface area (TPSA) is 45.8 Å². The summed E-state index contributed by atoms with van der Waals surface area (Å²) in [6.07, 6.45) is 5.36. The van der Waals surface area contributed by atoms with Gasteiger partial charge in [0.15, 0.2) is 0 Å². The maximum Gasteiger partial charge on any atom is 0.132 e. The first-order valence-electron chi connectivity index (χ1n) is 6.75. The molecule has 1 aromatic heterocycles. The molecule has 0 aromatic carbocycles. The summed E-state index contributed by atoms with van der Waals surface area (Å²) in [5.74, 6) is 0.679. The molecule has 2 heterocycles. The van der Waals surface area contributed by atoms with E-state index in [4.69, 9.17) is 9.15 Å². The Morgan fingerprint density at radius 1 is 1.61 bits per heavy atom. The third kappa shape index (κ3) is 3.57. The number of aliphatic hydroxyl groups excluding tert-OH is 1. The van der Waals surface area contributed by atoms with Gasteiger partial charge in [-0.3, -0.25) is 0 Å².